The van der Waals surface area contributed by atoms with Gasteiger partial charge in [0, 0.05) is 17.8 Å². The van der Waals surface area contributed by atoms with E-state index in [0.29, 0.717) is 0 Å². The van der Waals surface area contributed by atoms with Gasteiger partial charge in [0.05, 0.1) is 5.54 Å². The lowest BCUT2D eigenvalue weighted by molar-refractivity contribution is 0.0247. The first kappa shape index (κ1) is 14.7. The lowest BCUT2D eigenvalue weighted by Gasteiger charge is -2.44. The standard InChI is InChI=1S/C18H28N2O/c1-3-20-13-5-4-11-18(20,2)14-21-17-10-6-9-16-15(17)8-7-12-19-16/h6,9-10,19H,3-5,7-8,11-14H2,1-2H3. The number of likely N-dealkylation sites (tertiary alicyclic amines) is 1. The second-order valence-electron chi connectivity index (χ2n) is 6.63. The molecule has 1 N–H and O–H groups in total. The Balaban J connectivity index is 1.72. The molecule has 0 aliphatic carbocycles. The van der Waals surface area contributed by atoms with Crippen LogP contribution >= 0.6 is 0 Å². The fraction of sp³-hybridized carbons (Fsp3) is 0.667. The van der Waals surface area contributed by atoms with Crippen LogP contribution in [0.2, 0.25) is 0 Å². The van der Waals surface area contributed by atoms with Crippen LogP contribution in [0.25, 0.3) is 0 Å². The Bertz CT molecular complexity index is 488. The monoisotopic (exact) mass is 288 g/mol. The van der Waals surface area contributed by atoms with Crippen LogP contribution in [0.3, 0.4) is 0 Å². The summed E-state index contributed by atoms with van der Waals surface area (Å²) in [6, 6.07) is 6.41. The average Bonchev–Trinajstić information content (AvgIpc) is 2.53. The molecule has 0 aromatic heterocycles. The molecule has 2 heterocycles. The number of nitrogens with zero attached hydrogens (tertiary/aromatic N) is 1. The van der Waals surface area contributed by atoms with Crippen LogP contribution in [0.1, 0.15) is 45.1 Å². The lowest BCUT2D eigenvalue weighted by Crippen LogP contribution is -2.53. The van der Waals surface area contributed by atoms with Crippen LogP contribution in [0.15, 0.2) is 18.2 Å². The van der Waals surface area contributed by atoms with Gasteiger partial charge < -0.3 is 10.1 Å². The minimum Gasteiger partial charge on any atom is -0.491 e. The molecule has 1 atom stereocenters. The predicted molar refractivity (Wildman–Crippen MR) is 88.3 cm³/mol. The minimum absolute atomic E-state index is 0.192. The highest BCUT2D eigenvalue weighted by Gasteiger charge is 2.34. The van der Waals surface area contributed by atoms with Gasteiger partial charge in [0.15, 0.2) is 0 Å². The Kier molecular flexibility index (Phi) is 4.39. The molecule has 2 aliphatic rings. The Morgan fingerprint density at radius 1 is 1.29 bits per heavy atom. The van der Waals surface area contributed by atoms with E-state index < -0.39 is 0 Å². The normalized spacial score (nSPS) is 26.0. The topological polar surface area (TPSA) is 24.5 Å². The molecular formula is C18H28N2O. The van der Waals surface area contributed by atoms with Crippen LogP contribution < -0.4 is 10.1 Å². The van der Waals surface area contributed by atoms with Gasteiger partial charge in [-0.1, -0.05) is 19.4 Å². The van der Waals surface area contributed by atoms with E-state index in [0.717, 1.165) is 31.9 Å². The molecule has 116 valence electrons. The van der Waals surface area contributed by atoms with E-state index >= 15 is 0 Å². The smallest absolute Gasteiger partial charge is 0.124 e. The maximum Gasteiger partial charge on any atom is 0.124 e. The molecule has 1 saturated heterocycles. The van der Waals surface area contributed by atoms with E-state index in [2.05, 4.69) is 42.3 Å². The first-order valence-corrected chi connectivity index (χ1v) is 8.46. The summed E-state index contributed by atoms with van der Waals surface area (Å²) in [5.74, 6) is 1.09. The van der Waals surface area contributed by atoms with E-state index in [4.69, 9.17) is 4.74 Å². The first-order chi connectivity index (χ1) is 10.2. The fourth-order valence-corrected chi connectivity index (χ4v) is 3.79. The van der Waals surface area contributed by atoms with E-state index in [1.165, 1.54) is 43.5 Å². The summed E-state index contributed by atoms with van der Waals surface area (Å²) in [5.41, 5.74) is 2.82. The predicted octanol–water partition coefficient (Wildman–Crippen LogP) is 3.69. The number of hydrogen-bond acceptors (Lipinski definition) is 3. The van der Waals surface area contributed by atoms with Gasteiger partial charge in [-0.15, -0.1) is 0 Å². The largest absolute Gasteiger partial charge is 0.491 e. The lowest BCUT2D eigenvalue weighted by atomic mass is 9.89. The molecule has 0 radical (unpaired) electrons. The number of ether oxygens (including phenoxy) is 1. The number of rotatable bonds is 4. The Morgan fingerprint density at radius 2 is 2.19 bits per heavy atom. The third-order valence-corrected chi connectivity index (χ3v) is 5.13. The van der Waals surface area contributed by atoms with Crippen LogP contribution in [0, 0.1) is 0 Å². The molecule has 0 bridgehead atoms. The quantitative estimate of drug-likeness (QED) is 0.914. The number of anilines is 1. The van der Waals surface area contributed by atoms with Crippen molar-refractivity contribution < 1.29 is 4.74 Å². The zero-order valence-electron chi connectivity index (χ0n) is 13.5. The van der Waals surface area contributed by atoms with Gasteiger partial charge in [0.2, 0.25) is 0 Å². The third kappa shape index (κ3) is 3.03. The Hall–Kier alpha value is -1.22. The number of piperidine rings is 1. The Labute approximate surface area is 128 Å². The molecule has 21 heavy (non-hydrogen) atoms. The second-order valence-corrected chi connectivity index (χ2v) is 6.63. The van der Waals surface area contributed by atoms with Crippen molar-refractivity contribution in [2.45, 2.75) is 51.5 Å². The van der Waals surface area contributed by atoms with E-state index in [1.54, 1.807) is 0 Å². The molecule has 2 aliphatic heterocycles. The summed E-state index contributed by atoms with van der Waals surface area (Å²) < 4.78 is 6.30. The van der Waals surface area contributed by atoms with E-state index in [-0.39, 0.29) is 5.54 Å². The van der Waals surface area contributed by atoms with Crippen molar-refractivity contribution in [2.75, 3.05) is 31.6 Å². The first-order valence-electron chi connectivity index (χ1n) is 8.46. The number of likely N-dealkylation sites (N-methyl/N-ethyl adjacent to an activating group) is 1. The highest BCUT2D eigenvalue weighted by Crippen LogP contribution is 2.33. The van der Waals surface area contributed by atoms with E-state index in [9.17, 15) is 0 Å². The van der Waals surface area contributed by atoms with Gasteiger partial charge in [-0.2, -0.15) is 0 Å². The zero-order valence-corrected chi connectivity index (χ0v) is 13.5. The van der Waals surface area contributed by atoms with Crippen LogP contribution in [0.5, 0.6) is 5.75 Å². The van der Waals surface area contributed by atoms with Crippen molar-refractivity contribution in [3.05, 3.63) is 23.8 Å². The fourth-order valence-electron chi connectivity index (χ4n) is 3.79. The van der Waals surface area contributed by atoms with Gasteiger partial charge in [-0.05, 0) is 57.8 Å². The average molecular weight is 288 g/mol. The van der Waals surface area contributed by atoms with Crippen molar-refractivity contribution in [2.24, 2.45) is 0 Å². The molecular weight excluding hydrogens is 260 g/mol. The highest BCUT2D eigenvalue weighted by molar-refractivity contribution is 5.59. The summed E-state index contributed by atoms with van der Waals surface area (Å²) in [6.07, 6.45) is 6.23. The van der Waals surface area contributed by atoms with Gasteiger partial charge in [0.1, 0.15) is 12.4 Å². The van der Waals surface area contributed by atoms with Crippen molar-refractivity contribution in [1.82, 2.24) is 4.90 Å². The molecule has 1 fully saturated rings. The van der Waals surface area contributed by atoms with Crippen molar-refractivity contribution in [3.8, 4) is 5.75 Å². The number of hydrogen-bond donors (Lipinski definition) is 1. The van der Waals surface area contributed by atoms with Crippen molar-refractivity contribution in [1.29, 1.82) is 0 Å². The number of fused-ring (bicyclic) bond motifs is 1. The summed E-state index contributed by atoms with van der Waals surface area (Å²) in [5, 5.41) is 3.48. The van der Waals surface area contributed by atoms with Crippen molar-refractivity contribution >= 4 is 5.69 Å². The molecule has 3 heteroatoms. The van der Waals surface area contributed by atoms with Gasteiger partial charge in [-0.3, -0.25) is 4.90 Å². The summed E-state index contributed by atoms with van der Waals surface area (Å²) in [4.78, 5) is 2.59. The summed E-state index contributed by atoms with van der Waals surface area (Å²) >= 11 is 0. The highest BCUT2D eigenvalue weighted by atomic mass is 16.5. The molecule has 3 rings (SSSR count). The summed E-state index contributed by atoms with van der Waals surface area (Å²) in [7, 11) is 0. The molecule has 1 aromatic carbocycles. The Morgan fingerprint density at radius 3 is 3.05 bits per heavy atom. The van der Waals surface area contributed by atoms with Crippen molar-refractivity contribution in [3.63, 3.8) is 0 Å². The number of benzene rings is 1. The van der Waals surface area contributed by atoms with Gasteiger partial charge in [-0.25, -0.2) is 0 Å². The molecule has 0 saturated carbocycles. The zero-order chi connectivity index (χ0) is 14.7. The van der Waals surface area contributed by atoms with Gasteiger partial charge in [0.25, 0.3) is 0 Å². The maximum atomic E-state index is 6.30. The molecule has 0 spiro atoms. The second kappa shape index (κ2) is 6.27. The van der Waals surface area contributed by atoms with Crippen LogP contribution in [-0.2, 0) is 6.42 Å². The number of nitrogens with one attached hydrogen (secondary N) is 1. The molecule has 1 unspecified atom stereocenters. The maximum absolute atomic E-state index is 6.30. The van der Waals surface area contributed by atoms with Crippen LogP contribution in [-0.4, -0.2) is 36.7 Å². The summed E-state index contributed by atoms with van der Waals surface area (Å²) in [6.45, 7) is 8.84. The third-order valence-electron chi connectivity index (χ3n) is 5.13. The van der Waals surface area contributed by atoms with Crippen LogP contribution in [0.4, 0.5) is 5.69 Å². The molecule has 0 amide bonds. The SMILES string of the molecule is CCN1CCCCC1(C)COc1cccc2c1CCCN2. The minimum atomic E-state index is 0.192. The van der Waals surface area contributed by atoms with Gasteiger partial charge >= 0.3 is 0 Å². The van der Waals surface area contributed by atoms with E-state index in [1.807, 2.05) is 0 Å². The molecule has 3 nitrogen and oxygen atoms in total. The molecule has 1 aromatic rings.